The highest BCUT2D eigenvalue weighted by molar-refractivity contribution is 9.10. The van der Waals surface area contributed by atoms with E-state index in [1.807, 2.05) is 12.3 Å². The van der Waals surface area contributed by atoms with Gasteiger partial charge in [0.1, 0.15) is 0 Å². The van der Waals surface area contributed by atoms with Crippen LogP contribution < -0.4 is 5.73 Å². The van der Waals surface area contributed by atoms with Gasteiger partial charge in [-0.2, -0.15) is 0 Å². The lowest BCUT2D eigenvalue weighted by molar-refractivity contribution is 0.970. The fourth-order valence-corrected chi connectivity index (χ4v) is 2.56. The van der Waals surface area contributed by atoms with Gasteiger partial charge in [-0.05, 0) is 24.5 Å². The fourth-order valence-electron chi connectivity index (χ4n) is 1.40. The Balaban J connectivity index is 2.02. The number of benzene rings is 1. The number of halogens is 1. The molecule has 2 aromatic rings. The Labute approximate surface area is 101 Å². The molecule has 0 saturated heterocycles. The van der Waals surface area contributed by atoms with Crippen LogP contribution in [0.25, 0.3) is 0 Å². The Kier molecular flexibility index (Phi) is 3.38. The van der Waals surface area contributed by atoms with Crippen molar-refractivity contribution in [3.63, 3.8) is 0 Å². The van der Waals surface area contributed by atoms with Crippen LogP contribution in [0.5, 0.6) is 0 Å². The van der Waals surface area contributed by atoms with Gasteiger partial charge in [0.2, 0.25) is 0 Å². The number of nitrogens with zero attached hydrogens (tertiary/aromatic N) is 1. The van der Waals surface area contributed by atoms with Crippen molar-refractivity contribution in [2.24, 2.45) is 0 Å². The maximum atomic E-state index is 5.58. The summed E-state index contributed by atoms with van der Waals surface area (Å²) in [6, 6.07) is 8.28. The van der Waals surface area contributed by atoms with E-state index < -0.39 is 0 Å². The number of rotatable bonds is 3. The largest absolute Gasteiger partial charge is 0.375 e. The van der Waals surface area contributed by atoms with Crippen LogP contribution in [0, 0.1) is 0 Å². The predicted octanol–water partition coefficient (Wildman–Crippen LogP) is 3.27. The monoisotopic (exact) mass is 282 g/mol. The summed E-state index contributed by atoms with van der Waals surface area (Å²) in [5.74, 6) is 0. The van der Waals surface area contributed by atoms with Crippen LogP contribution in [0.15, 0.2) is 34.9 Å². The third kappa shape index (κ3) is 2.79. The molecule has 0 aliphatic rings. The van der Waals surface area contributed by atoms with Crippen LogP contribution >= 0.6 is 27.3 Å². The van der Waals surface area contributed by atoms with Gasteiger partial charge in [-0.3, -0.25) is 0 Å². The van der Waals surface area contributed by atoms with Crippen molar-refractivity contribution >= 4 is 32.4 Å². The molecule has 15 heavy (non-hydrogen) atoms. The molecule has 0 amide bonds. The molecule has 0 saturated carbocycles. The van der Waals surface area contributed by atoms with E-state index in [1.165, 1.54) is 14.9 Å². The minimum atomic E-state index is 0.650. The van der Waals surface area contributed by atoms with E-state index in [9.17, 15) is 0 Å². The summed E-state index contributed by atoms with van der Waals surface area (Å²) in [7, 11) is 0. The van der Waals surface area contributed by atoms with Crippen LogP contribution in [0.3, 0.4) is 0 Å². The summed E-state index contributed by atoms with van der Waals surface area (Å²) in [5, 5.41) is 0.650. The summed E-state index contributed by atoms with van der Waals surface area (Å²) in [5.41, 5.74) is 6.90. The van der Waals surface area contributed by atoms with Crippen molar-refractivity contribution < 1.29 is 0 Å². The third-order valence-electron chi connectivity index (χ3n) is 2.17. The molecule has 0 aliphatic carbocycles. The Morgan fingerprint density at radius 1 is 1.27 bits per heavy atom. The summed E-state index contributed by atoms with van der Waals surface area (Å²) >= 11 is 5.10. The molecular weight excluding hydrogens is 272 g/mol. The molecule has 1 aromatic carbocycles. The standard InChI is InChI=1S/C11H11BrN2S/c12-10-4-2-1-3-8(10)5-6-9-7-14-11(13)15-9/h1-4,7H,5-6H2,(H2,13,14). The van der Waals surface area contributed by atoms with Crippen molar-refractivity contribution in [1.29, 1.82) is 0 Å². The predicted molar refractivity (Wildman–Crippen MR) is 68.1 cm³/mol. The Morgan fingerprint density at radius 2 is 2.07 bits per heavy atom. The van der Waals surface area contributed by atoms with Gasteiger partial charge in [-0.15, -0.1) is 11.3 Å². The minimum absolute atomic E-state index is 0.650. The molecule has 1 heterocycles. The van der Waals surface area contributed by atoms with Gasteiger partial charge in [-0.25, -0.2) is 4.98 Å². The maximum absolute atomic E-state index is 5.58. The van der Waals surface area contributed by atoms with Crippen LogP contribution in [0.2, 0.25) is 0 Å². The molecule has 2 rings (SSSR count). The Bertz CT molecular complexity index is 453. The van der Waals surface area contributed by atoms with Gasteiger partial charge in [0, 0.05) is 15.5 Å². The first-order chi connectivity index (χ1) is 7.25. The van der Waals surface area contributed by atoms with Crippen molar-refractivity contribution in [2.45, 2.75) is 12.8 Å². The number of thiazole rings is 1. The zero-order chi connectivity index (χ0) is 10.7. The van der Waals surface area contributed by atoms with Crippen LogP contribution in [-0.2, 0) is 12.8 Å². The number of nitrogens with two attached hydrogens (primary N) is 1. The molecule has 0 radical (unpaired) electrons. The van der Waals surface area contributed by atoms with E-state index in [2.05, 4.69) is 39.1 Å². The van der Waals surface area contributed by atoms with Crippen molar-refractivity contribution in [3.8, 4) is 0 Å². The molecule has 1 aromatic heterocycles. The fraction of sp³-hybridized carbons (Fsp3) is 0.182. The topological polar surface area (TPSA) is 38.9 Å². The zero-order valence-corrected chi connectivity index (χ0v) is 10.5. The summed E-state index contributed by atoms with van der Waals surface area (Å²) in [4.78, 5) is 5.28. The van der Waals surface area contributed by atoms with E-state index in [4.69, 9.17) is 5.73 Å². The molecule has 0 aliphatic heterocycles. The highest BCUT2D eigenvalue weighted by Crippen LogP contribution is 2.20. The molecule has 78 valence electrons. The second-order valence-corrected chi connectivity index (χ2v) is 5.26. The zero-order valence-electron chi connectivity index (χ0n) is 8.11. The summed E-state index contributed by atoms with van der Waals surface area (Å²) < 4.78 is 1.17. The highest BCUT2D eigenvalue weighted by Gasteiger charge is 2.02. The van der Waals surface area contributed by atoms with E-state index in [0.29, 0.717) is 5.13 Å². The summed E-state index contributed by atoms with van der Waals surface area (Å²) in [6.07, 6.45) is 3.87. The molecule has 2 nitrogen and oxygen atoms in total. The lowest BCUT2D eigenvalue weighted by Crippen LogP contribution is -1.89. The molecule has 0 unspecified atom stereocenters. The first-order valence-corrected chi connectivity index (χ1v) is 6.30. The van der Waals surface area contributed by atoms with E-state index in [1.54, 1.807) is 11.3 Å². The van der Waals surface area contributed by atoms with Gasteiger partial charge in [0.15, 0.2) is 5.13 Å². The van der Waals surface area contributed by atoms with E-state index in [-0.39, 0.29) is 0 Å². The third-order valence-corrected chi connectivity index (χ3v) is 3.83. The summed E-state index contributed by atoms with van der Waals surface area (Å²) in [6.45, 7) is 0. The van der Waals surface area contributed by atoms with Crippen molar-refractivity contribution in [2.75, 3.05) is 5.73 Å². The van der Waals surface area contributed by atoms with Gasteiger partial charge >= 0.3 is 0 Å². The number of anilines is 1. The van der Waals surface area contributed by atoms with Crippen molar-refractivity contribution in [3.05, 3.63) is 45.4 Å². The maximum Gasteiger partial charge on any atom is 0.180 e. The second kappa shape index (κ2) is 4.77. The molecular formula is C11H11BrN2S. The number of hydrogen-bond acceptors (Lipinski definition) is 3. The number of hydrogen-bond donors (Lipinski definition) is 1. The number of aromatic nitrogens is 1. The molecule has 4 heteroatoms. The number of nitrogen functional groups attached to an aromatic ring is 1. The second-order valence-electron chi connectivity index (χ2n) is 3.26. The van der Waals surface area contributed by atoms with E-state index in [0.717, 1.165) is 12.8 Å². The van der Waals surface area contributed by atoms with Crippen LogP contribution in [0.4, 0.5) is 5.13 Å². The molecule has 2 N–H and O–H groups in total. The Morgan fingerprint density at radius 3 is 2.73 bits per heavy atom. The van der Waals surface area contributed by atoms with Gasteiger partial charge in [-0.1, -0.05) is 34.1 Å². The van der Waals surface area contributed by atoms with Crippen LogP contribution in [0.1, 0.15) is 10.4 Å². The lowest BCUT2D eigenvalue weighted by atomic mass is 10.1. The SMILES string of the molecule is Nc1ncc(CCc2ccccc2Br)s1. The lowest BCUT2D eigenvalue weighted by Gasteiger charge is -2.01. The molecule has 0 spiro atoms. The smallest absolute Gasteiger partial charge is 0.180 e. The first kappa shape index (κ1) is 10.6. The van der Waals surface area contributed by atoms with Gasteiger partial charge in [0.25, 0.3) is 0 Å². The minimum Gasteiger partial charge on any atom is -0.375 e. The van der Waals surface area contributed by atoms with Gasteiger partial charge < -0.3 is 5.73 Å². The van der Waals surface area contributed by atoms with Gasteiger partial charge in [0.05, 0.1) is 0 Å². The molecule has 0 atom stereocenters. The quantitative estimate of drug-likeness (QED) is 0.939. The Hall–Kier alpha value is -0.870. The highest BCUT2D eigenvalue weighted by atomic mass is 79.9. The molecule has 0 fully saturated rings. The number of aryl methyl sites for hydroxylation is 2. The average Bonchev–Trinajstić information content (AvgIpc) is 2.63. The van der Waals surface area contributed by atoms with Crippen LogP contribution in [-0.4, -0.2) is 4.98 Å². The van der Waals surface area contributed by atoms with E-state index >= 15 is 0 Å². The normalized spacial score (nSPS) is 10.5. The first-order valence-electron chi connectivity index (χ1n) is 4.69. The average molecular weight is 283 g/mol. The van der Waals surface area contributed by atoms with Crippen molar-refractivity contribution in [1.82, 2.24) is 4.98 Å². The molecule has 0 bridgehead atoms.